The average molecular weight is 235 g/mol. The van der Waals surface area contributed by atoms with Crippen LogP contribution in [0.15, 0.2) is 29.4 Å². The molecule has 0 atom stereocenters. The van der Waals surface area contributed by atoms with Crippen molar-refractivity contribution < 1.29 is 14.3 Å². The zero-order valence-corrected chi connectivity index (χ0v) is 8.88. The SMILES string of the molecule is [N-]=[N+]=NCC=Cc1cc(F)ccc1CC(=O)O. The molecule has 0 aliphatic rings. The third-order valence-electron chi connectivity index (χ3n) is 2.00. The van der Waals surface area contributed by atoms with Crippen LogP contribution in [0.2, 0.25) is 0 Å². The first kappa shape index (κ1) is 12.7. The monoisotopic (exact) mass is 235 g/mol. The maximum absolute atomic E-state index is 13.0. The maximum atomic E-state index is 13.0. The number of hydrogen-bond donors (Lipinski definition) is 1. The van der Waals surface area contributed by atoms with Gasteiger partial charge in [-0.05, 0) is 28.8 Å². The third kappa shape index (κ3) is 4.36. The first-order valence-electron chi connectivity index (χ1n) is 4.81. The van der Waals surface area contributed by atoms with Gasteiger partial charge in [0.05, 0.1) is 6.42 Å². The quantitative estimate of drug-likeness (QED) is 0.483. The zero-order valence-electron chi connectivity index (χ0n) is 8.88. The number of azide groups is 1. The van der Waals surface area contributed by atoms with Crippen LogP contribution in [0.1, 0.15) is 11.1 Å². The molecule has 0 saturated carbocycles. The summed E-state index contributed by atoms with van der Waals surface area (Å²) in [5.41, 5.74) is 9.05. The third-order valence-corrected chi connectivity index (χ3v) is 2.00. The largest absolute Gasteiger partial charge is 0.481 e. The molecule has 0 unspecified atom stereocenters. The minimum atomic E-state index is -0.985. The van der Waals surface area contributed by atoms with Crippen molar-refractivity contribution in [2.75, 3.05) is 6.54 Å². The van der Waals surface area contributed by atoms with Gasteiger partial charge in [-0.3, -0.25) is 4.79 Å². The number of benzene rings is 1. The van der Waals surface area contributed by atoms with E-state index < -0.39 is 11.8 Å². The molecule has 0 aliphatic heterocycles. The van der Waals surface area contributed by atoms with Crippen molar-refractivity contribution in [2.45, 2.75) is 6.42 Å². The van der Waals surface area contributed by atoms with E-state index in [0.29, 0.717) is 11.1 Å². The molecule has 1 aromatic rings. The van der Waals surface area contributed by atoms with Gasteiger partial charge in [-0.2, -0.15) is 0 Å². The van der Waals surface area contributed by atoms with Crippen molar-refractivity contribution in [3.05, 3.63) is 51.7 Å². The molecule has 0 radical (unpaired) electrons. The molecule has 0 bridgehead atoms. The molecule has 0 aromatic heterocycles. The molecule has 1 aromatic carbocycles. The van der Waals surface area contributed by atoms with Crippen LogP contribution < -0.4 is 0 Å². The number of carboxylic acids is 1. The van der Waals surface area contributed by atoms with Crippen LogP contribution >= 0.6 is 0 Å². The van der Waals surface area contributed by atoms with Crippen LogP contribution in [-0.4, -0.2) is 17.6 Å². The van der Waals surface area contributed by atoms with Gasteiger partial charge in [0.1, 0.15) is 5.82 Å². The van der Waals surface area contributed by atoms with Crippen LogP contribution in [0, 0.1) is 5.82 Å². The predicted octanol–water partition coefficient (Wildman–Crippen LogP) is 2.78. The normalized spacial score (nSPS) is 10.2. The van der Waals surface area contributed by atoms with Gasteiger partial charge >= 0.3 is 5.97 Å². The van der Waals surface area contributed by atoms with E-state index >= 15 is 0 Å². The highest BCUT2D eigenvalue weighted by Crippen LogP contribution is 2.14. The highest BCUT2D eigenvalue weighted by molar-refractivity contribution is 5.72. The Labute approximate surface area is 96.8 Å². The van der Waals surface area contributed by atoms with E-state index in [1.54, 1.807) is 6.08 Å². The summed E-state index contributed by atoms with van der Waals surface area (Å²) in [4.78, 5) is 13.2. The van der Waals surface area contributed by atoms with Gasteiger partial charge in [-0.1, -0.05) is 23.3 Å². The summed E-state index contributed by atoms with van der Waals surface area (Å²) >= 11 is 0. The summed E-state index contributed by atoms with van der Waals surface area (Å²) in [6.07, 6.45) is 2.90. The van der Waals surface area contributed by atoms with E-state index in [0.717, 1.165) is 0 Å². The minimum Gasteiger partial charge on any atom is -0.481 e. The molecule has 0 spiro atoms. The summed E-state index contributed by atoms with van der Waals surface area (Å²) in [6.45, 7) is 0.138. The Morgan fingerprint density at radius 3 is 3.00 bits per heavy atom. The fourth-order valence-corrected chi connectivity index (χ4v) is 1.31. The first-order chi connectivity index (χ1) is 8.13. The van der Waals surface area contributed by atoms with Crippen LogP contribution in [0.25, 0.3) is 16.5 Å². The van der Waals surface area contributed by atoms with Gasteiger partial charge in [0.2, 0.25) is 0 Å². The van der Waals surface area contributed by atoms with E-state index in [4.69, 9.17) is 10.6 Å². The van der Waals surface area contributed by atoms with Crippen LogP contribution in [0.3, 0.4) is 0 Å². The molecule has 0 amide bonds. The van der Waals surface area contributed by atoms with E-state index in [9.17, 15) is 9.18 Å². The molecule has 1 N–H and O–H groups in total. The molecule has 17 heavy (non-hydrogen) atoms. The van der Waals surface area contributed by atoms with Crippen molar-refractivity contribution in [3.8, 4) is 0 Å². The van der Waals surface area contributed by atoms with Gasteiger partial charge in [0, 0.05) is 11.5 Å². The predicted molar refractivity (Wildman–Crippen MR) is 60.8 cm³/mol. The molecule has 0 saturated heterocycles. The lowest BCUT2D eigenvalue weighted by atomic mass is 10.0. The molecule has 0 fully saturated rings. The second-order valence-corrected chi connectivity index (χ2v) is 3.23. The van der Waals surface area contributed by atoms with Crippen molar-refractivity contribution in [1.29, 1.82) is 0 Å². The number of aliphatic carboxylic acids is 1. The van der Waals surface area contributed by atoms with E-state index in [2.05, 4.69) is 10.0 Å². The van der Waals surface area contributed by atoms with Gasteiger partial charge in [0.25, 0.3) is 0 Å². The Kier molecular flexibility index (Phi) is 4.72. The van der Waals surface area contributed by atoms with Gasteiger partial charge in [-0.25, -0.2) is 4.39 Å². The number of hydrogen-bond acceptors (Lipinski definition) is 2. The molecular formula is C11H10FN3O2. The van der Waals surface area contributed by atoms with Crippen LogP contribution in [0.4, 0.5) is 4.39 Å². The summed E-state index contributed by atoms with van der Waals surface area (Å²) in [6, 6.07) is 3.88. The van der Waals surface area contributed by atoms with Crippen molar-refractivity contribution in [1.82, 2.24) is 0 Å². The second-order valence-electron chi connectivity index (χ2n) is 3.23. The topological polar surface area (TPSA) is 86.1 Å². The van der Waals surface area contributed by atoms with Crippen molar-refractivity contribution >= 4 is 12.0 Å². The number of halogens is 1. The average Bonchev–Trinajstić information content (AvgIpc) is 2.27. The Hall–Kier alpha value is -2.33. The number of rotatable bonds is 5. The van der Waals surface area contributed by atoms with Gasteiger partial charge < -0.3 is 5.11 Å². The van der Waals surface area contributed by atoms with E-state index in [-0.39, 0.29) is 13.0 Å². The standard InChI is InChI=1S/C11H10FN3O2/c12-10-4-3-9(7-11(16)17)8(6-10)2-1-5-14-15-13/h1-4,6H,5,7H2,(H,16,17). The lowest BCUT2D eigenvalue weighted by molar-refractivity contribution is -0.136. The van der Waals surface area contributed by atoms with E-state index in [1.165, 1.54) is 24.3 Å². The molecule has 0 heterocycles. The first-order valence-corrected chi connectivity index (χ1v) is 4.81. The lowest BCUT2D eigenvalue weighted by Gasteiger charge is -2.03. The Balaban J connectivity index is 2.93. The number of carboxylic acid groups (broad SMARTS) is 1. The lowest BCUT2D eigenvalue weighted by Crippen LogP contribution is -2.02. The van der Waals surface area contributed by atoms with Crippen molar-refractivity contribution in [2.24, 2.45) is 5.11 Å². The number of nitrogens with zero attached hydrogens (tertiary/aromatic N) is 3. The molecule has 6 heteroatoms. The highest BCUT2D eigenvalue weighted by Gasteiger charge is 2.05. The summed E-state index contributed by atoms with van der Waals surface area (Å²) in [5, 5.41) is 12.0. The second kappa shape index (κ2) is 6.30. The van der Waals surface area contributed by atoms with Gasteiger partial charge in [0.15, 0.2) is 0 Å². The summed E-state index contributed by atoms with van der Waals surface area (Å²) in [7, 11) is 0. The zero-order chi connectivity index (χ0) is 12.7. The van der Waals surface area contributed by atoms with Gasteiger partial charge in [-0.15, -0.1) is 0 Å². The number of carbonyl (C=O) groups is 1. The highest BCUT2D eigenvalue weighted by atomic mass is 19.1. The Bertz CT molecular complexity index is 493. The fraction of sp³-hybridized carbons (Fsp3) is 0.182. The Morgan fingerprint density at radius 2 is 2.35 bits per heavy atom. The molecular weight excluding hydrogens is 225 g/mol. The Morgan fingerprint density at radius 1 is 1.59 bits per heavy atom. The molecule has 5 nitrogen and oxygen atoms in total. The van der Waals surface area contributed by atoms with Crippen LogP contribution in [0.5, 0.6) is 0 Å². The minimum absolute atomic E-state index is 0.138. The smallest absolute Gasteiger partial charge is 0.307 e. The maximum Gasteiger partial charge on any atom is 0.307 e. The molecule has 88 valence electrons. The van der Waals surface area contributed by atoms with E-state index in [1.807, 2.05) is 0 Å². The summed E-state index contributed by atoms with van der Waals surface area (Å²) < 4.78 is 13.0. The van der Waals surface area contributed by atoms with Crippen molar-refractivity contribution in [3.63, 3.8) is 0 Å². The summed E-state index contributed by atoms with van der Waals surface area (Å²) in [5.74, 6) is -1.43. The fourth-order valence-electron chi connectivity index (χ4n) is 1.31. The molecule has 1 rings (SSSR count). The van der Waals surface area contributed by atoms with Crippen LogP contribution in [-0.2, 0) is 11.2 Å². The molecule has 0 aliphatic carbocycles.